The lowest BCUT2D eigenvalue weighted by Gasteiger charge is -2.09. The molecule has 1 nitrogen and oxygen atoms in total. The molecule has 0 rings (SSSR count). The van der Waals surface area contributed by atoms with Gasteiger partial charge < -0.3 is 5.73 Å². The van der Waals surface area contributed by atoms with Gasteiger partial charge in [-0.3, -0.25) is 0 Å². The second kappa shape index (κ2) is 12.2. The Hall–Kier alpha value is -0.890. The Bertz CT molecular complexity index is 268. The number of nitrogens with two attached hydrogens (primary N) is 1. The Morgan fingerprint density at radius 2 is 1.81 bits per heavy atom. The second-order valence-corrected chi connectivity index (χ2v) is 3.45. The van der Waals surface area contributed by atoms with Crippen LogP contribution < -0.4 is 5.73 Å². The van der Waals surface area contributed by atoms with Gasteiger partial charge >= 0.3 is 0 Å². The third-order valence-electron chi connectivity index (χ3n) is 1.90. The number of thiol groups is 1. The van der Waals surface area contributed by atoms with Gasteiger partial charge in [-0.05, 0) is 24.8 Å². The molecule has 0 aromatic rings. The molecule has 0 saturated carbocycles. The lowest BCUT2D eigenvalue weighted by molar-refractivity contribution is 0.870. The third kappa shape index (κ3) is 8.42. The molecule has 0 aliphatic carbocycles. The molecule has 0 fully saturated rings. The first kappa shape index (κ1) is 17.5. The first-order valence-electron chi connectivity index (χ1n) is 5.70. The van der Waals surface area contributed by atoms with Crippen LogP contribution in [0, 0.1) is 5.92 Å². The number of rotatable bonds is 4. The van der Waals surface area contributed by atoms with Crippen molar-refractivity contribution in [2.24, 2.45) is 11.7 Å². The van der Waals surface area contributed by atoms with E-state index in [9.17, 15) is 0 Å². The second-order valence-electron chi connectivity index (χ2n) is 3.15. The van der Waals surface area contributed by atoms with E-state index in [4.69, 9.17) is 5.73 Å². The summed E-state index contributed by atoms with van der Waals surface area (Å²) in [6, 6.07) is 0. The van der Waals surface area contributed by atoms with Crippen molar-refractivity contribution in [3.8, 4) is 0 Å². The predicted molar refractivity (Wildman–Crippen MR) is 79.5 cm³/mol. The largest absolute Gasteiger partial charge is 0.402 e. The molecule has 16 heavy (non-hydrogen) atoms. The van der Waals surface area contributed by atoms with Gasteiger partial charge in [-0.15, -0.1) is 0 Å². The summed E-state index contributed by atoms with van der Waals surface area (Å²) in [6.07, 6.45) is 10.1. The van der Waals surface area contributed by atoms with Crippen LogP contribution >= 0.6 is 12.6 Å². The fourth-order valence-electron chi connectivity index (χ4n) is 1.17. The first-order chi connectivity index (χ1) is 7.63. The molecular weight excluding hydrogens is 214 g/mol. The van der Waals surface area contributed by atoms with Gasteiger partial charge in [0.2, 0.25) is 0 Å². The van der Waals surface area contributed by atoms with Crippen LogP contribution in [0.25, 0.3) is 0 Å². The molecule has 0 saturated heterocycles. The number of hydrogen-bond acceptors (Lipinski definition) is 2. The van der Waals surface area contributed by atoms with Gasteiger partial charge in [0.1, 0.15) is 0 Å². The molecule has 0 radical (unpaired) electrons. The van der Waals surface area contributed by atoms with Crippen LogP contribution in [0.15, 0.2) is 47.1 Å². The Balaban J connectivity index is 0. The summed E-state index contributed by atoms with van der Waals surface area (Å²) >= 11 is 4.05. The lowest BCUT2D eigenvalue weighted by atomic mass is 9.99. The molecule has 0 heterocycles. The van der Waals surface area contributed by atoms with Crippen molar-refractivity contribution in [3.05, 3.63) is 47.1 Å². The summed E-state index contributed by atoms with van der Waals surface area (Å²) in [5.41, 5.74) is 7.72. The molecule has 1 atom stereocenters. The van der Waals surface area contributed by atoms with Crippen molar-refractivity contribution >= 4 is 12.6 Å². The average Bonchev–Trinajstić information content (AvgIpc) is 2.28. The van der Waals surface area contributed by atoms with Crippen LogP contribution in [0.3, 0.4) is 0 Å². The van der Waals surface area contributed by atoms with Crippen molar-refractivity contribution in [2.75, 3.05) is 0 Å². The summed E-state index contributed by atoms with van der Waals surface area (Å²) in [5.74, 6) is 0.319. The van der Waals surface area contributed by atoms with Gasteiger partial charge in [-0.2, -0.15) is 12.6 Å². The Morgan fingerprint density at radius 3 is 2.19 bits per heavy atom. The van der Waals surface area contributed by atoms with E-state index in [0.29, 0.717) is 5.92 Å². The zero-order valence-electron chi connectivity index (χ0n) is 11.1. The summed E-state index contributed by atoms with van der Waals surface area (Å²) < 4.78 is 0. The maximum atomic E-state index is 5.77. The van der Waals surface area contributed by atoms with Gasteiger partial charge in [-0.1, -0.05) is 51.2 Å². The minimum Gasteiger partial charge on any atom is -0.402 e. The minimum absolute atomic E-state index is 0.319. The fraction of sp³-hybridized carbons (Fsp3) is 0.429. The molecule has 2 heteroatoms. The molecule has 92 valence electrons. The highest BCUT2D eigenvalue weighted by molar-refractivity contribution is 7.83. The van der Waals surface area contributed by atoms with Crippen LogP contribution in [-0.2, 0) is 0 Å². The molecular formula is C14H25NS. The molecule has 0 aliphatic heterocycles. The van der Waals surface area contributed by atoms with Gasteiger partial charge in [-0.25, -0.2) is 0 Å². The third-order valence-corrected chi connectivity index (χ3v) is 2.05. The van der Waals surface area contributed by atoms with E-state index in [1.54, 1.807) is 5.41 Å². The maximum absolute atomic E-state index is 5.77. The quantitative estimate of drug-likeness (QED) is 0.550. The van der Waals surface area contributed by atoms with Crippen LogP contribution in [0.2, 0.25) is 0 Å². The zero-order valence-corrected chi connectivity index (χ0v) is 12.0. The van der Waals surface area contributed by atoms with Crippen molar-refractivity contribution in [3.63, 3.8) is 0 Å². The minimum atomic E-state index is 0.319. The maximum Gasteiger partial charge on any atom is 0.00875 e. The number of allylic oxidation sites excluding steroid dienone is 7. The van der Waals surface area contributed by atoms with Crippen molar-refractivity contribution < 1.29 is 0 Å². The van der Waals surface area contributed by atoms with Crippen LogP contribution in [0.5, 0.6) is 0 Å². The van der Waals surface area contributed by atoms with Crippen LogP contribution in [0.1, 0.15) is 34.6 Å². The Kier molecular flexibility index (Phi) is 13.3. The topological polar surface area (TPSA) is 26.0 Å². The van der Waals surface area contributed by atoms with Crippen molar-refractivity contribution in [1.82, 2.24) is 0 Å². The van der Waals surface area contributed by atoms with E-state index in [1.807, 2.05) is 52.0 Å². The summed E-state index contributed by atoms with van der Waals surface area (Å²) in [5, 5.41) is 1.71. The number of hydrogen-bond donors (Lipinski definition) is 2. The van der Waals surface area contributed by atoms with Gasteiger partial charge in [0.15, 0.2) is 0 Å². The Morgan fingerprint density at radius 1 is 1.25 bits per heavy atom. The highest BCUT2D eigenvalue weighted by Gasteiger charge is 2.03. The van der Waals surface area contributed by atoms with E-state index in [1.165, 1.54) is 0 Å². The van der Waals surface area contributed by atoms with Gasteiger partial charge in [0, 0.05) is 11.6 Å². The summed E-state index contributed by atoms with van der Waals surface area (Å²) in [6.45, 7) is 10.0. The normalized spacial score (nSPS) is 15.1. The fourth-order valence-corrected chi connectivity index (χ4v) is 1.33. The van der Waals surface area contributed by atoms with Crippen molar-refractivity contribution in [1.29, 1.82) is 0 Å². The molecule has 0 spiro atoms. The molecule has 0 aliphatic rings. The molecule has 0 aromatic heterocycles. The van der Waals surface area contributed by atoms with Gasteiger partial charge in [0.25, 0.3) is 0 Å². The molecule has 0 bridgehead atoms. The predicted octanol–water partition coefficient (Wildman–Crippen LogP) is 4.46. The SMILES string of the molecule is C/C=C\C=C/C(C)C(/C=C\S)=C(/C)N.CC. The molecule has 0 amide bonds. The molecule has 1 unspecified atom stereocenters. The highest BCUT2D eigenvalue weighted by Crippen LogP contribution is 2.16. The van der Waals surface area contributed by atoms with Crippen molar-refractivity contribution in [2.45, 2.75) is 34.6 Å². The van der Waals surface area contributed by atoms with E-state index >= 15 is 0 Å². The first-order valence-corrected chi connectivity index (χ1v) is 6.21. The molecule has 0 aromatic carbocycles. The van der Waals surface area contributed by atoms with Crippen LogP contribution in [0.4, 0.5) is 0 Å². The molecule has 2 N–H and O–H groups in total. The van der Waals surface area contributed by atoms with Crippen LogP contribution in [-0.4, -0.2) is 0 Å². The van der Waals surface area contributed by atoms with Gasteiger partial charge in [0.05, 0.1) is 0 Å². The lowest BCUT2D eigenvalue weighted by Crippen LogP contribution is -2.02. The van der Waals surface area contributed by atoms with E-state index in [0.717, 1.165) is 11.3 Å². The zero-order chi connectivity index (χ0) is 13.0. The summed E-state index contributed by atoms with van der Waals surface area (Å²) in [7, 11) is 0. The highest BCUT2D eigenvalue weighted by atomic mass is 32.1. The summed E-state index contributed by atoms with van der Waals surface area (Å²) in [4.78, 5) is 0. The smallest absolute Gasteiger partial charge is 0.00875 e. The van der Waals surface area contributed by atoms with E-state index < -0.39 is 0 Å². The van der Waals surface area contributed by atoms with E-state index in [2.05, 4.69) is 25.6 Å². The van der Waals surface area contributed by atoms with E-state index in [-0.39, 0.29) is 0 Å². The Labute approximate surface area is 106 Å². The monoisotopic (exact) mass is 239 g/mol. The standard InChI is InChI=1S/C12H19NS.C2H6/c1-4-5-6-7-10(2)12(8-9-14)11(3)13;1-2/h4-10,14H,13H2,1-3H3;1-2H3/b5-4-,7-6-,9-8-,12-11-;. The average molecular weight is 239 g/mol.